The molecule has 0 saturated carbocycles. The van der Waals surface area contributed by atoms with E-state index in [1.807, 2.05) is 0 Å². The summed E-state index contributed by atoms with van der Waals surface area (Å²) in [5.74, 6) is 0.483. The van der Waals surface area contributed by atoms with Crippen LogP contribution in [-0.4, -0.2) is 56.8 Å². The van der Waals surface area contributed by atoms with E-state index >= 15 is 0 Å². The van der Waals surface area contributed by atoms with Crippen LogP contribution in [0.1, 0.15) is 30.6 Å². The Morgan fingerprint density at radius 1 is 1.10 bits per heavy atom. The van der Waals surface area contributed by atoms with Gasteiger partial charge < -0.3 is 9.64 Å². The van der Waals surface area contributed by atoms with E-state index in [0.717, 1.165) is 5.75 Å². The molecule has 2 aromatic rings. The van der Waals surface area contributed by atoms with E-state index in [1.165, 1.54) is 23.5 Å². The Hall–Kier alpha value is -2.09. The Labute approximate surface area is 178 Å². The molecule has 0 spiro atoms. The molecule has 0 aliphatic rings. The van der Waals surface area contributed by atoms with Gasteiger partial charge in [-0.15, -0.1) is 0 Å². The van der Waals surface area contributed by atoms with Crippen molar-refractivity contribution in [3.63, 3.8) is 0 Å². The molecule has 6 nitrogen and oxygen atoms in total. The summed E-state index contributed by atoms with van der Waals surface area (Å²) in [6.45, 7) is 4.53. The molecule has 8 heteroatoms. The number of sulfonamides is 1. The predicted octanol–water partition coefficient (Wildman–Crippen LogP) is 3.91. The number of halogens is 1. The van der Waals surface area contributed by atoms with Crippen molar-refractivity contribution < 1.29 is 17.9 Å². The standard InChI is InChI=1S/C21H27ClN2O4S/c1-16(2)24(4)29(26,27)20-8-5-7-17(15-20)21(25)23(3)13-6-14-28-19-11-9-18(22)10-12-19/h5,7-12,15-16H,6,13-14H2,1-4H3. The summed E-state index contributed by atoms with van der Waals surface area (Å²) in [6, 6.07) is 13.1. The lowest BCUT2D eigenvalue weighted by atomic mass is 10.2. The molecule has 0 heterocycles. The van der Waals surface area contributed by atoms with E-state index in [1.54, 1.807) is 62.2 Å². The maximum atomic E-state index is 12.7. The fraction of sp³-hybridized carbons (Fsp3) is 0.381. The highest BCUT2D eigenvalue weighted by Crippen LogP contribution is 2.19. The number of amides is 1. The van der Waals surface area contributed by atoms with Crippen molar-refractivity contribution in [2.75, 3.05) is 27.2 Å². The topological polar surface area (TPSA) is 66.9 Å². The monoisotopic (exact) mass is 438 g/mol. The maximum Gasteiger partial charge on any atom is 0.253 e. The van der Waals surface area contributed by atoms with Crippen molar-refractivity contribution in [2.24, 2.45) is 0 Å². The molecule has 29 heavy (non-hydrogen) atoms. The SMILES string of the molecule is CC(C)N(C)S(=O)(=O)c1cccc(C(=O)N(C)CCCOc2ccc(Cl)cc2)c1. The van der Waals surface area contributed by atoms with Crippen molar-refractivity contribution in [1.82, 2.24) is 9.21 Å². The van der Waals surface area contributed by atoms with Crippen LogP contribution in [0.4, 0.5) is 0 Å². The molecule has 0 aliphatic heterocycles. The number of carbonyl (C=O) groups is 1. The summed E-state index contributed by atoms with van der Waals surface area (Å²) in [5.41, 5.74) is 0.337. The van der Waals surface area contributed by atoms with Gasteiger partial charge in [-0.1, -0.05) is 17.7 Å². The molecule has 0 fully saturated rings. The zero-order valence-corrected chi connectivity index (χ0v) is 18.7. The van der Waals surface area contributed by atoms with Gasteiger partial charge in [-0.3, -0.25) is 4.79 Å². The second-order valence-corrected chi connectivity index (χ2v) is 9.46. The van der Waals surface area contributed by atoms with Gasteiger partial charge in [0.15, 0.2) is 0 Å². The van der Waals surface area contributed by atoms with Crippen LogP contribution in [0, 0.1) is 0 Å². The largest absolute Gasteiger partial charge is 0.494 e. The van der Waals surface area contributed by atoms with Crippen LogP contribution in [0.25, 0.3) is 0 Å². The Balaban J connectivity index is 1.96. The van der Waals surface area contributed by atoms with Gasteiger partial charge >= 0.3 is 0 Å². The Morgan fingerprint density at radius 2 is 1.76 bits per heavy atom. The lowest BCUT2D eigenvalue weighted by Gasteiger charge is -2.22. The first-order valence-electron chi connectivity index (χ1n) is 9.35. The molecule has 1 amide bonds. The molecule has 0 bridgehead atoms. The van der Waals surface area contributed by atoms with Crippen LogP contribution in [0.2, 0.25) is 5.02 Å². The van der Waals surface area contributed by atoms with E-state index in [2.05, 4.69) is 0 Å². The third-order valence-corrected chi connectivity index (χ3v) is 6.83. The van der Waals surface area contributed by atoms with Crippen molar-refractivity contribution >= 4 is 27.5 Å². The van der Waals surface area contributed by atoms with E-state index < -0.39 is 10.0 Å². The van der Waals surface area contributed by atoms with Crippen LogP contribution in [-0.2, 0) is 10.0 Å². The van der Waals surface area contributed by atoms with E-state index in [0.29, 0.717) is 30.2 Å². The number of ether oxygens (including phenoxy) is 1. The second kappa shape index (κ2) is 10.1. The molecule has 2 aromatic carbocycles. The van der Waals surface area contributed by atoms with Crippen molar-refractivity contribution in [2.45, 2.75) is 31.2 Å². The number of nitrogens with zero attached hydrogens (tertiary/aromatic N) is 2. The van der Waals surface area contributed by atoms with Crippen LogP contribution in [0.5, 0.6) is 5.75 Å². The Morgan fingerprint density at radius 3 is 2.38 bits per heavy atom. The number of hydrogen-bond acceptors (Lipinski definition) is 4. The number of carbonyl (C=O) groups excluding carboxylic acids is 1. The molecule has 158 valence electrons. The van der Waals surface area contributed by atoms with Crippen LogP contribution >= 0.6 is 11.6 Å². The summed E-state index contributed by atoms with van der Waals surface area (Å²) in [7, 11) is -0.426. The molecule has 0 aliphatic carbocycles. The molecule has 0 N–H and O–H groups in total. The lowest BCUT2D eigenvalue weighted by Crippen LogP contribution is -2.33. The fourth-order valence-electron chi connectivity index (χ4n) is 2.58. The van der Waals surface area contributed by atoms with Crippen molar-refractivity contribution in [1.29, 1.82) is 0 Å². The zero-order valence-electron chi connectivity index (χ0n) is 17.1. The molecule has 0 radical (unpaired) electrons. The first-order valence-corrected chi connectivity index (χ1v) is 11.2. The van der Waals surface area contributed by atoms with Gasteiger partial charge in [-0.25, -0.2) is 8.42 Å². The average molecular weight is 439 g/mol. The van der Waals surface area contributed by atoms with Crippen molar-refractivity contribution in [3.05, 3.63) is 59.1 Å². The lowest BCUT2D eigenvalue weighted by molar-refractivity contribution is 0.0787. The third-order valence-electron chi connectivity index (χ3n) is 4.55. The normalized spacial score (nSPS) is 11.7. The van der Waals surface area contributed by atoms with Crippen LogP contribution < -0.4 is 4.74 Å². The molecular weight excluding hydrogens is 412 g/mol. The highest BCUT2D eigenvalue weighted by molar-refractivity contribution is 7.89. The van der Waals surface area contributed by atoms with Gasteiger partial charge in [0.2, 0.25) is 10.0 Å². The molecule has 0 atom stereocenters. The maximum absolute atomic E-state index is 12.7. The van der Waals surface area contributed by atoms with Gasteiger partial charge in [0.25, 0.3) is 5.91 Å². The highest BCUT2D eigenvalue weighted by Gasteiger charge is 2.24. The minimum absolute atomic E-state index is 0.110. The minimum Gasteiger partial charge on any atom is -0.494 e. The summed E-state index contributed by atoms with van der Waals surface area (Å²) >= 11 is 5.84. The van der Waals surface area contributed by atoms with Gasteiger partial charge in [0.1, 0.15) is 5.75 Å². The van der Waals surface area contributed by atoms with Crippen molar-refractivity contribution in [3.8, 4) is 5.75 Å². The average Bonchev–Trinajstić information content (AvgIpc) is 2.71. The minimum atomic E-state index is -3.64. The summed E-state index contributed by atoms with van der Waals surface area (Å²) in [6.07, 6.45) is 0.638. The van der Waals surface area contributed by atoms with Crippen LogP contribution in [0.15, 0.2) is 53.4 Å². The molecular formula is C21H27ClN2O4S. The summed E-state index contributed by atoms with van der Waals surface area (Å²) in [4.78, 5) is 14.4. The highest BCUT2D eigenvalue weighted by atomic mass is 35.5. The Bertz CT molecular complexity index is 930. The molecule has 2 rings (SSSR count). The van der Waals surface area contributed by atoms with E-state index in [4.69, 9.17) is 16.3 Å². The smallest absolute Gasteiger partial charge is 0.253 e. The number of benzene rings is 2. The summed E-state index contributed by atoms with van der Waals surface area (Å²) in [5, 5.41) is 0.645. The molecule has 0 unspecified atom stereocenters. The zero-order chi connectivity index (χ0) is 21.6. The molecule has 0 saturated heterocycles. The molecule has 0 aromatic heterocycles. The van der Waals surface area contributed by atoms with Crippen LogP contribution in [0.3, 0.4) is 0 Å². The third kappa shape index (κ3) is 6.19. The van der Waals surface area contributed by atoms with Gasteiger partial charge in [0, 0.05) is 37.3 Å². The fourth-order valence-corrected chi connectivity index (χ4v) is 4.12. The van der Waals surface area contributed by atoms with Gasteiger partial charge in [-0.05, 0) is 62.7 Å². The van der Waals surface area contributed by atoms with E-state index in [9.17, 15) is 13.2 Å². The second-order valence-electron chi connectivity index (χ2n) is 7.03. The first-order chi connectivity index (χ1) is 13.6. The van der Waals surface area contributed by atoms with Gasteiger partial charge in [-0.2, -0.15) is 4.31 Å². The number of rotatable bonds is 9. The number of hydrogen-bond donors (Lipinski definition) is 0. The predicted molar refractivity (Wildman–Crippen MR) is 115 cm³/mol. The first kappa shape index (κ1) is 23.2. The van der Waals surface area contributed by atoms with E-state index in [-0.39, 0.29) is 16.8 Å². The quantitative estimate of drug-likeness (QED) is 0.556. The van der Waals surface area contributed by atoms with Gasteiger partial charge in [0.05, 0.1) is 11.5 Å². The summed E-state index contributed by atoms with van der Waals surface area (Å²) < 4.78 is 32.2. The Kier molecular flexibility index (Phi) is 8.07.